The van der Waals surface area contributed by atoms with Crippen LogP contribution in [0.5, 0.6) is 0 Å². The van der Waals surface area contributed by atoms with Gasteiger partial charge in [0.1, 0.15) is 18.0 Å². The zero-order valence-electron chi connectivity index (χ0n) is 11.9. The number of rotatable bonds is 3. The number of hydrogen-bond donors (Lipinski definition) is 0. The van der Waals surface area contributed by atoms with E-state index < -0.39 is 0 Å². The van der Waals surface area contributed by atoms with Crippen molar-refractivity contribution in [3.8, 4) is 0 Å². The third kappa shape index (κ3) is 2.42. The highest BCUT2D eigenvalue weighted by atomic mass is 19.1. The Balaban J connectivity index is 2.08. The molecule has 2 aromatic heterocycles. The molecule has 0 spiro atoms. The molecule has 0 amide bonds. The van der Waals surface area contributed by atoms with Gasteiger partial charge in [0.25, 0.3) is 0 Å². The van der Waals surface area contributed by atoms with Gasteiger partial charge in [-0.3, -0.25) is 4.98 Å². The Hall–Kier alpha value is -2.56. The van der Waals surface area contributed by atoms with Crippen molar-refractivity contribution in [2.75, 3.05) is 11.9 Å². The Morgan fingerprint density at radius 1 is 1.05 bits per heavy atom. The van der Waals surface area contributed by atoms with Crippen molar-refractivity contribution in [1.29, 1.82) is 0 Å². The summed E-state index contributed by atoms with van der Waals surface area (Å²) >= 11 is 0. The fraction of sp³-hybridized carbons (Fsp3) is 0.188. The lowest BCUT2D eigenvalue weighted by Crippen LogP contribution is -2.24. The summed E-state index contributed by atoms with van der Waals surface area (Å²) < 4.78 is 14.2. The van der Waals surface area contributed by atoms with Gasteiger partial charge in [-0.15, -0.1) is 0 Å². The van der Waals surface area contributed by atoms with Gasteiger partial charge in [0.15, 0.2) is 0 Å². The molecule has 0 N–H and O–H groups in total. The van der Waals surface area contributed by atoms with Crippen LogP contribution in [0.15, 0.2) is 48.9 Å². The highest BCUT2D eigenvalue weighted by Crippen LogP contribution is 2.29. The molecule has 0 aliphatic heterocycles. The SMILES string of the molecule is C[C@@H](c1ccccn1)N(C)c1ncnc2cccc(F)c12. The molecule has 4 nitrogen and oxygen atoms in total. The Morgan fingerprint density at radius 2 is 1.90 bits per heavy atom. The van der Waals surface area contributed by atoms with Crippen LogP contribution < -0.4 is 4.90 Å². The summed E-state index contributed by atoms with van der Waals surface area (Å²) in [5, 5.41) is 0.435. The highest BCUT2D eigenvalue weighted by Gasteiger charge is 2.18. The second-order valence-electron chi connectivity index (χ2n) is 4.87. The van der Waals surface area contributed by atoms with Crippen LogP contribution in [0.25, 0.3) is 10.9 Å². The smallest absolute Gasteiger partial charge is 0.143 e. The Morgan fingerprint density at radius 3 is 2.67 bits per heavy atom. The molecule has 0 saturated carbocycles. The number of hydrogen-bond acceptors (Lipinski definition) is 4. The van der Waals surface area contributed by atoms with Crippen molar-refractivity contribution in [2.24, 2.45) is 0 Å². The van der Waals surface area contributed by atoms with Gasteiger partial charge in [0.2, 0.25) is 0 Å². The summed E-state index contributed by atoms with van der Waals surface area (Å²) in [4.78, 5) is 14.6. The standard InChI is InChI=1S/C16H15FN4/c1-11(13-7-3-4-9-18-13)21(2)16-15-12(17)6-5-8-14(15)19-10-20-16/h3-11H,1-2H3/t11-/m0/s1. The first-order valence-corrected chi connectivity index (χ1v) is 6.71. The van der Waals surface area contributed by atoms with Crippen LogP contribution >= 0.6 is 0 Å². The predicted octanol–water partition coefficient (Wildman–Crippen LogP) is 3.36. The zero-order chi connectivity index (χ0) is 14.8. The van der Waals surface area contributed by atoms with E-state index in [0.29, 0.717) is 16.7 Å². The van der Waals surface area contributed by atoms with E-state index in [0.717, 1.165) is 5.69 Å². The largest absolute Gasteiger partial charge is 0.351 e. The maximum Gasteiger partial charge on any atom is 0.143 e. The van der Waals surface area contributed by atoms with Crippen LogP contribution in [-0.2, 0) is 0 Å². The number of benzene rings is 1. The maximum atomic E-state index is 14.2. The van der Waals surface area contributed by atoms with E-state index >= 15 is 0 Å². The summed E-state index contributed by atoms with van der Waals surface area (Å²) in [7, 11) is 1.88. The number of pyridine rings is 1. The molecule has 0 saturated heterocycles. The molecule has 0 radical (unpaired) electrons. The second-order valence-corrected chi connectivity index (χ2v) is 4.87. The lowest BCUT2D eigenvalue weighted by Gasteiger charge is -2.26. The lowest BCUT2D eigenvalue weighted by atomic mass is 10.1. The molecule has 106 valence electrons. The fourth-order valence-corrected chi connectivity index (χ4v) is 2.32. The van der Waals surface area contributed by atoms with Gasteiger partial charge in [0, 0.05) is 13.2 Å². The van der Waals surface area contributed by atoms with Gasteiger partial charge in [-0.1, -0.05) is 12.1 Å². The first-order chi connectivity index (χ1) is 10.2. The molecule has 3 rings (SSSR count). The van der Waals surface area contributed by atoms with Crippen molar-refractivity contribution in [3.05, 3.63) is 60.4 Å². The van der Waals surface area contributed by atoms with Crippen LogP contribution in [0.4, 0.5) is 10.2 Å². The van der Waals surface area contributed by atoms with E-state index in [4.69, 9.17) is 0 Å². The minimum atomic E-state index is -0.317. The molecule has 0 aliphatic carbocycles. The van der Waals surface area contributed by atoms with Crippen LogP contribution in [0, 0.1) is 5.82 Å². The summed E-state index contributed by atoms with van der Waals surface area (Å²) in [5.74, 6) is 0.249. The molecular weight excluding hydrogens is 267 g/mol. The van der Waals surface area contributed by atoms with Gasteiger partial charge in [-0.05, 0) is 31.2 Å². The van der Waals surface area contributed by atoms with E-state index in [-0.39, 0.29) is 11.9 Å². The average Bonchev–Trinajstić information content (AvgIpc) is 2.54. The predicted molar refractivity (Wildman–Crippen MR) is 80.6 cm³/mol. The van der Waals surface area contributed by atoms with Crippen molar-refractivity contribution in [3.63, 3.8) is 0 Å². The van der Waals surface area contributed by atoms with Crippen LogP contribution in [0.1, 0.15) is 18.7 Å². The number of aromatic nitrogens is 3. The minimum absolute atomic E-state index is 0.0242. The summed E-state index contributed by atoms with van der Waals surface area (Å²) in [6.45, 7) is 2.01. The third-order valence-electron chi connectivity index (χ3n) is 3.62. The molecular formula is C16H15FN4. The summed E-state index contributed by atoms with van der Waals surface area (Å²) in [5.41, 5.74) is 1.50. The number of fused-ring (bicyclic) bond motifs is 1. The van der Waals surface area contributed by atoms with Gasteiger partial charge < -0.3 is 4.90 Å². The second kappa shape index (κ2) is 5.44. The monoisotopic (exact) mass is 282 g/mol. The molecule has 21 heavy (non-hydrogen) atoms. The van der Waals surface area contributed by atoms with Gasteiger partial charge in [-0.25, -0.2) is 14.4 Å². The molecule has 3 aromatic rings. The minimum Gasteiger partial charge on any atom is -0.351 e. The number of nitrogens with zero attached hydrogens (tertiary/aromatic N) is 4. The molecule has 1 atom stereocenters. The van der Waals surface area contributed by atoms with E-state index in [1.807, 2.05) is 37.1 Å². The Labute approximate surface area is 122 Å². The summed E-state index contributed by atoms with van der Waals surface area (Å²) in [6, 6.07) is 10.6. The number of halogens is 1. The van der Waals surface area contributed by atoms with E-state index in [1.165, 1.54) is 12.4 Å². The molecule has 0 bridgehead atoms. The fourth-order valence-electron chi connectivity index (χ4n) is 2.32. The third-order valence-corrected chi connectivity index (χ3v) is 3.62. The quantitative estimate of drug-likeness (QED) is 0.738. The van der Waals surface area contributed by atoms with Gasteiger partial charge in [0.05, 0.1) is 22.6 Å². The van der Waals surface area contributed by atoms with Crippen molar-refractivity contribution in [1.82, 2.24) is 15.0 Å². The van der Waals surface area contributed by atoms with Crippen LogP contribution in [0.3, 0.4) is 0 Å². The molecule has 0 unspecified atom stereocenters. The maximum absolute atomic E-state index is 14.2. The molecule has 2 heterocycles. The lowest BCUT2D eigenvalue weighted by molar-refractivity contribution is 0.636. The van der Waals surface area contributed by atoms with Crippen molar-refractivity contribution in [2.45, 2.75) is 13.0 Å². The number of anilines is 1. The zero-order valence-corrected chi connectivity index (χ0v) is 11.9. The van der Waals surface area contributed by atoms with Crippen molar-refractivity contribution >= 4 is 16.7 Å². The van der Waals surface area contributed by atoms with Crippen molar-refractivity contribution < 1.29 is 4.39 Å². The van der Waals surface area contributed by atoms with E-state index in [9.17, 15) is 4.39 Å². The first kappa shape index (κ1) is 13.4. The van der Waals surface area contributed by atoms with E-state index in [1.54, 1.807) is 18.3 Å². The van der Waals surface area contributed by atoms with Crippen LogP contribution in [0.2, 0.25) is 0 Å². The Bertz CT molecular complexity index is 755. The molecule has 5 heteroatoms. The highest BCUT2D eigenvalue weighted by molar-refractivity contribution is 5.89. The van der Waals surface area contributed by atoms with Gasteiger partial charge in [-0.2, -0.15) is 0 Å². The first-order valence-electron chi connectivity index (χ1n) is 6.71. The normalized spacial score (nSPS) is 12.3. The topological polar surface area (TPSA) is 41.9 Å². The molecule has 0 aliphatic rings. The summed E-state index contributed by atoms with van der Waals surface area (Å²) in [6.07, 6.45) is 3.21. The van der Waals surface area contributed by atoms with E-state index in [2.05, 4.69) is 15.0 Å². The molecule has 1 aromatic carbocycles. The van der Waals surface area contributed by atoms with Gasteiger partial charge >= 0.3 is 0 Å². The van der Waals surface area contributed by atoms with Crippen LogP contribution in [-0.4, -0.2) is 22.0 Å². The average molecular weight is 282 g/mol. The Kier molecular flexibility index (Phi) is 3.48. The molecule has 0 fully saturated rings.